The third kappa shape index (κ3) is 3.08. The number of nitrogens with one attached hydrogen (secondary N) is 2. The largest absolute Gasteiger partial charge is 0.358 e. The SMILES string of the molecule is C[NH+]1CCN(c2cc3c(cc2F)S(=O)(=O)C=C(c2ccccc2)N3)CC1. The van der Waals surface area contributed by atoms with Crippen molar-refractivity contribution in [2.75, 3.05) is 43.4 Å². The topological polar surface area (TPSA) is 53.9 Å². The van der Waals surface area contributed by atoms with Crippen LogP contribution in [0.1, 0.15) is 5.56 Å². The highest BCUT2D eigenvalue weighted by Gasteiger charge is 2.28. The van der Waals surface area contributed by atoms with Crippen LogP contribution in [-0.2, 0) is 9.84 Å². The van der Waals surface area contributed by atoms with E-state index in [1.165, 1.54) is 10.3 Å². The Kier molecular flexibility index (Phi) is 4.20. The number of nitrogens with zero attached hydrogens (tertiary/aromatic N) is 1. The van der Waals surface area contributed by atoms with Crippen molar-refractivity contribution in [2.24, 2.45) is 0 Å². The summed E-state index contributed by atoms with van der Waals surface area (Å²) in [4.78, 5) is 3.38. The summed E-state index contributed by atoms with van der Waals surface area (Å²) in [5.74, 6) is -0.495. The number of hydrogen-bond donors (Lipinski definition) is 2. The van der Waals surface area contributed by atoms with Crippen LogP contribution in [0.15, 0.2) is 52.8 Å². The maximum Gasteiger partial charge on any atom is 0.204 e. The summed E-state index contributed by atoms with van der Waals surface area (Å²) in [6.45, 7) is 3.35. The second kappa shape index (κ2) is 6.41. The number of benzene rings is 2. The van der Waals surface area contributed by atoms with E-state index in [4.69, 9.17) is 0 Å². The zero-order chi connectivity index (χ0) is 18.3. The monoisotopic (exact) mass is 374 g/mol. The van der Waals surface area contributed by atoms with E-state index in [0.717, 1.165) is 37.8 Å². The summed E-state index contributed by atoms with van der Waals surface area (Å²) in [5, 5.41) is 4.34. The third-order valence-electron chi connectivity index (χ3n) is 4.94. The number of piperazine rings is 1. The first-order valence-electron chi connectivity index (χ1n) is 8.63. The fourth-order valence-electron chi connectivity index (χ4n) is 3.40. The van der Waals surface area contributed by atoms with Gasteiger partial charge in [-0.25, -0.2) is 12.8 Å². The molecule has 0 unspecified atom stereocenters. The van der Waals surface area contributed by atoms with Crippen molar-refractivity contribution in [1.29, 1.82) is 0 Å². The van der Waals surface area contributed by atoms with Crippen LogP contribution in [0, 0.1) is 5.82 Å². The lowest BCUT2D eigenvalue weighted by Crippen LogP contribution is -3.12. The van der Waals surface area contributed by atoms with Gasteiger partial charge in [0.25, 0.3) is 0 Å². The molecule has 0 aromatic heterocycles. The molecular formula is C19H21FN3O2S+. The minimum absolute atomic E-state index is 0.0156. The van der Waals surface area contributed by atoms with Gasteiger partial charge >= 0.3 is 0 Å². The average molecular weight is 374 g/mol. The molecular weight excluding hydrogens is 353 g/mol. The Morgan fingerprint density at radius 1 is 1.12 bits per heavy atom. The fourth-order valence-corrected chi connectivity index (χ4v) is 4.72. The number of halogens is 1. The lowest BCUT2D eigenvalue weighted by molar-refractivity contribution is -0.880. The van der Waals surface area contributed by atoms with Gasteiger partial charge in [0.2, 0.25) is 9.84 Å². The first kappa shape index (κ1) is 17.1. The van der Waals surface area contributed by atoms with E-state index >= 15 is 0 Å². The molecule has 0 bridgehead atoms. The lowest BCUT2D eigenvalue weighted by Gasteiger charge is -2.32. The second-order valence-electron chi connectivity index (χ2n) is 6.81. The van der Waals surface area contributed by atoms with Crippen LogP contribution in [0.5, 0.6) is 0 Å². The predicted molar refractivity (Wildman–Crippen MR) is 100 cm³/mol. The van der Waals surface area contributed by atoms with E-state index in [1.807, 2.05) is 35.2 Å². The Morgan fingerprint density at radius 3 is 2.50 bits per heavy atom. The van der Waals surface area contributed by atoms with Crippen molar-refractivity contribution in [3.63, 3.8) is 0 Å². The van der Waals surface area contributed by atoms with Crippen LogP contribution in [0.4, 0.5) is 15.8 Å². The molecule has 7 heteroatoms. The zero-order valence-electron chi connectivity index (χ0n) is 14.5. The molecule has 26 heavy (non-hydrogen) atoms. The Bertz CT molecular complexity index is 966. The van der Waals surface area contributed by atoms with E-state index in [0.29, 0.717) is 17.1 Å². The molecule has 0 saturated carbocycles. The molecule has 4 rings (SSSR count). The molecule has 0 atom stereocenters. The van der Waals surface area contributed by atoms with Crippen LogP contribution in [0.25, 0.3) is 5.70 Å². The van der Waals surface area contributed by atoms with E-state index in [9.17, 15) is 12.8 Å². The fraction of sp³-hybridized carbons (Fsp3) is 0.263. The summed E-state index contributed by atoms with van der Waals surface area (Å²) in [6.07, 6.45) is 0. The van der Waals surface area contributed by atoms with E-state index in [1.54, 1.807) is 6.07 Å². The van der Waals surface area contributed by atoms with Crippen molar-refractivity contribution >= 4 is 26.9 Å². The first-order chi connectivity index (χ1) is 12.4. The van der Waals surface area contributed by atoms with E-state index in [2.05, 4.69) is 12.4 Å². The molecule has 2 aliphatic rings. The third-order valence-corrected chi connectivity index (χ3v) is 6.44. The summed E-state index contributed by atoms with van der Waals surface area (Å²) in [7, 11) is -1.59. The van der Waals surface area contributed by atoms with Gasteiger partial charge in [0.05, 0.1) is 60.6 Å². The maximum absolute atomic E-state index is 14.7. The highest BCUT2D eigenvalue weighted by molar-refractivity contribution is 7.94. The maximum atomic E-state index is 14.7. The Morgan fingerprint density at radius 2 is 1.81 bits per heavy atom. The van der Waals surface area contributed by atoms with E-state index in [-0.39, 0.29) is 4.90 Å². The number of likely N-dealkylation sites (N-methyl/N-ethyl adjacent to an activating group) is 1. The number of sulfone groups is 1. The highest BCUT2D eigenvalue weighted by Crippen LogP contribution is 2.37. The number of anilines is 2. The second-order valence-corrected chi connectivity index (χ2v) is 8.58. The molecule has 2 N–H and O–H groups in total. The number of hydrogen-bond acceptors (Lipinski definition) is 4. The molecule has 0 spiro atoms. The van der Waals surface area contributed by atoms with E-state index < -0.39 is 15.7 Å². The van der Waals surface area contributed by atoms with Crippen molar-refractivity contribution in [3.8, 4) is 0 Å². The summed E-state index contributed by atoms with van der Waals surface area (Å²) in [6, 6.07) is 12.0. The van der Waals surface area contributed by atoms with Gasteiger partial charge in [0.1, 0.15) is 5.82 Å². The van der Waals surface area contributed by atoms with Crippen molar-refractivity contribution in [1.82, 2.24) is 0 Å². The normalized spacial score (nSPS) is 19.5. The van der Waals surface area contributed by atoms with Crippen LogP contribution in [-0.4, -0.2) is 41.6 Å². The quantitative estimate of drug-likeness (QED) is 0.834. The molecule has 2 aliphatic heterocycles. The number of quaternary nitrogens is 1. The predicted octanol–water partition coefficient (Wildman–Crippen LogP) is 1.36. The van der Waals surface area contributed by atoms with Crippen molar-refractivity contribution in [2.45, 2.75) is 4.90 Å². The summed E-state index contributed by atoms with van der Waals surface area (Å²) in [5.41, 5.74) is 2.15. The van der Waals surface area contributed by atoms with Gasteiger partial charge < -0.3 is 15.1 Å². The lowest BCUT2D eigenvalue weighted by atomic mass is 10.1. The molecule has 1 saturated heterocycles. The van der Waals surface area contributed by atoms with Crippen molar-refractivity contribution < 1.29 is 17.7 Å². The summed E-state index contributed by atoms with van der Waals surface area (Å²) < 4.78 is 39.9. The molecule has 2 aromatic rings. The Balaban J connectivity index is 1.74. The molecule has 1 fully saturated rings. The van der Waals surface area contributed by atoms with Gasteiger partial charge in [0, 0.05) is 0 Å². The summed E-state index contributed by atoms with van der Waals surface area (Å²) >= 11 is 0. The van der Waals surface area contributed by atoms with Gasteiger partial charge in [0.15, 0.2) is 0 Å². The van der Waals surface area contributed by atoms with Gasteiger partial charge in [-0.15, -0.1) is 0 Å². The highest BCUT2D eigenvalue weighted by atomic mass is 32.2. The zero-order valence-corrected chi connectivity index (χ0v) is 15.3. The standard InChI is InChI=1S/C19H20FN3O2S/c1-22-7-9-23(10-8-22)18-12-16-19(11-15(18)20)26(24,25)13-17(21-16)14-5-3-2-4-6-14/h2-6,11-13,21H,7-10H2,1H3/p+1. The van der Waals surface area contributed by atoms with Crippen LogP contribution < -0.4 is 15.1 Å². The number of fused-ring (bicyclic) bond motifs is 1. The minimum atomic E-state index is -3.71. The Hall–Kier alpha value is -2.38. The van der Waals surface area contributed by atoms with Gasteiger partial charge in [-0.05, 0) is 17.7 Å². The van der Waals surface area contributed by atoms with Gasteiger partial charge in [-0.3, -0.25) is 0 Å². The first-order valence-corrected chi connectivity index (χ1v) is 10.2. The van der Waals surface area contributed by atoms with Gasteiger partial charge in [-0.1, -0.05) is 30.3 Å². The van der Waals surface area contributed by atoms with Gasteiger partial charge in [-0.2, -0.15) is 0 Å². The molecule has 5 nitrogen and oxygen atoms in total. The van der Waals surface area contributed by atoms with Crippen LogP contribution >= 0.6 is 0 Å². The van der Waals surface area contributed by atoms with Crippen LogP contribution in [0.3, 0.4) is 0 Å². The molecule has 0 radical (unpaired) electrons. The molecule has 136 valence electrons. The molecule has 2 heterocycles. The van der Waals surface area contributed by atoms with Crippen LogP contribution in [0.2, 0.25) is 0 Å². The average Bonchev–Trinajstić information content (AvgIpc) is 2.63. The Labute approximate surface area is 152 Å². The number of rotatable bonds is 2. The smallest absolute Gasteiger partial charge is 0.204 e. The molecule has 2 aromatic carbocycles. The minimum Gasteiger partial charge on any atom is -0.358 e. The molecule has 0 amide bonds. The van der Waals surface area contributed by atoms with Crippen molar-refractivity contribution in [3.05, 3.63) is 59.3 Å². The molecule has 0 aliphatic carbocycles.